The van der Waals surface area contributed by atoms with Crippen LogP contribution in [-0.4, -0.2) is 13.1 Å². The molecule has 0 radical (unpaired) electrons. The van der Waals surface area contributed by atoms with Crippen LogP contribution in [0.5, 0.6) is 0 Å². The number of aryl methyl sites for hydroxylation is 1. The van der Waals surface area contributed by atoms with Crippen molar-refractivity contribution in [3.05, 3.63) is 35.4 Å². The summed E-state index contributed by atoms with van der Waals surface area (Å²) in [6.07, 6.45) is 3.48. The molecule has 0 aromatic heterocycles. The lowest BCUT2D eigenvalue weighted by Gasteiger charge is -2.25. The van der Waals surface area contributed by atoms with Crippen LogP contribution in [0.3, 0.4) is 0 Å². The van der Waals surface area contributed by atoms with Crippen LogP contribution in [0.4, 0.5) is 0 Å². The molecule has 0 heterocycles. The van der Waals surface area contributed by atoms with Gasteiger partial charge in [-0.3, -0.25) is 0 Å². The van der Waals surface area contributed by atoms with Crippen molar-refractivity contribution in [1.82, 2.24) is 5.32 Å². The van der Waals surface area contributed by atoms with E-state index < -0.39 is 0 Å². The fourth-order valence-electron chi connectivity index (χ4n) is 2.11. The summed E-state index contributed by atoms with van der Waals surface area (Å²) < 4.78 is 0. The van der Waals surface area contributed by atoms with Gasteiger partial charge in [-0.05, 0) is 42.3 Å². The minimum absolute atomic E-state index is 0.336. The van der Waals surface area contributed by atoms with Gasteiger partial charge in [-0.2, -0.15) is 0 Å². The zero-order chi connectivity index (χ0) is 12.7. The largest absolute Gasteiger partial charge is 0.316 e. The fraction of sp³-hybridized carbons (Fsp3) is 0.625. The van der Waals surface area contributed by atoms with Crippen molar-refractivity contribution in [3.8, 4) is 0 Å². The Balaban J connectivity index is 2.50. The van der Waals surface area contributed by atoms with Crippen LogP contribution in [0.25, 0.3) is 0 Å². The van der Waals surface area contributed by atoms with Gasteiger partial charge in [0, 0.05) is 6.54 Å². The Kier molecular flexibility index (Phi) is 5.70. The molecular formula is C16H27N. The maximum atomic E-state index is 3.52. The normalized spacial score (nSPS) is 11.8. The second kappa shape index (κ2) is 6.80. The topological polar surface area (TPSA) is 12.0 Å². The lowest BCUT2D eigenvalue weighted by Crippen LogP contribution is -2.31. The van der Waals surface area contributed by atoms with Crippen molar-refractivity contribution in [2.75, 3.05) is 13.1 Å². The zero-order valence-electron chi connectivity index (χ0n) is 11.8. The first-order valence-electron chi connectivity index (χ1n) is 6.86. The molecule has 0 aliphatic rings. The molecule has 1 aromatic carbocycles. The SMILES string of the molecule is CCCNCC(C)(C)Cc1ccc(CC)cc1. The third-order valence-electron chi connectivity index (χ3n) is 3.14. The third-order valence-corrected chi connectivity index (χ3v) is 3.14. The summed E-state index contributed by atoms with van der Waals surface area (Å²) in [7, 11) is 0. The first-order chi connectivity index (χ1) is 8.07. The Labute approximate surface area is 107 Å². The summed E-state index contributed by atoms with van der Waals surface area (Å²) >= 11 is 0. The highest BCUT2D eigenvalue weighted by Crippen LogP contribution is 2.21. The van der Waals surface area contributed by atoms with E-state index in [9.17, 15) is 0 Å². The van der Waals surface area contributed by atoms with E-state index in [4.69, 9.17) is 0 Å². The molecule has 0 unspecified atom stereocenters. The molecule has 0 aliphatic heterocycles. The maximum Gasteiger partial charge on any atom is 0.000570 e. The minimum Gasteiger partial charge on any atom is -0.316 e. The van der Waals surface area contributed by atoms with Crippen LogP contribution < -0.4 is 5.32 Å². The van der Waals surface area contributed by atoms with Crippen molar-refractivity contribution < 1.29 is 0 Å². The van der Waals surface area contributed by atoms with Gasteiger partial charge in [-0.25, -0.2) is 0 Å². The lowest BCUT2D eigenvalue weighted by molar-refractivity contribution is 0.339. The van der Waals surface area contributed by atoms with Crippen LogP contribution in [-0.2, 0) is 12.8 Å². The quantitative estimate of drug-likeness (QED) is 0.706. The molecule has 0 fully saturated rings. The predicted molar refractivity (Wildman–Crippen MR) is 76.5 cm³/mol. The number of hydrogen-bond acceptors (Lipinski definition) is 1. The van der Waals surface area contributed by atoms with Gasteiger partial charge in [-0.15, -0.1) is 0 Å². The maximum absolute atomic E-state index is 3.52. The highest BCUT2D eigenvalue weighted by molar-refractivity contribution is 5.23. The average molecular weight is 233 g/mol. The molecule has 0 aliphatic carbocycles. The molecule has 17 heavy (non-hydrogen) atoms. The van der Waals surface area contributed by atoms with Crippen molar-refractivity contribution >= 4 is 0 Å². The highest BCUT2D eigenvalue weighted by atomic mass is 14.9. The van der Waals surface area contributed by atoms with Gasteiger partial charge in [0.15, 0.2) is 0 Å². The van der Waals surface area contributed by atoms with Crippen LogP contribution in [0.1, 0.15) is 45.2 Å². The molecule has 0 saturated carbocycles. The molecule has 96 valence electrons. The van der Waals surface area contributed by atoms with E-state index in [1.165, 1.54) is 17.5 Å². The number of hydrogen-bond donors (Lipinski definition) is 1. The molecule has 1 heteroatoms. The molecule has 0 spiro atoms. The van der Waals surface area contributed by atoms with Gasteiger partial charge in [0.25, 0.3) is 0 Å². The van der Waals surface area contributed by atoms with E-state index in [-0.39, 0.29) is 0 Å². The van der Waals surface area contributed by atoms with Crippen molar-refractivity contribution in [1.29, 1.82) is 0 Å². The summed E-state index contributed by atoms with van der Waals surface area (Å²) in [5, 5.41) is 3.52. The Morgan fingerprint density at radius 3 is 2.12 bits per heavy atom. The Morgan fingerprint density at radius 1 is 1.00 bits per heavy atom. The number of nitrogens with one attached hydrogen (secondary N) is 1. The zero-order valence-corrected chi connectivity index (χ0v) is 11.8. The molecule has 1 nitrogen and oxygen atoms in total. The highest BCUT2D eigenvalue weighted by Gasteiger charge is 2.17. The Hall–Kier alpha value is -0.820. The van der Waals surface area contributed by atoms with E-state index in [1.807, 2.05) is 0 Å². The van der Waals surface area contributed by atoms with E-state index in [0.717, 1.165) is 25.9 Å². The predicted octanol–water partition coefficient (Wildman–Crippen LogP) is 3.82. The molecule has 0 atom stereocenters. The van der Waals surface area contributed by atoms with Gasteiger partial charge >= 0.3 is 0 Å². The number of benzene rings is 1. The number of rotatable bonds is 7. The van der Waals surface area contributed by atoms with Crippen molar-refractivity contribution in [3.63, 3.8) is 0 Å². The summed E-state index contributed by atoms with van der Waals surface area (Å²) in [5.41, 5.74) is 3.21. The molecule has 1 aromatic rings. The van der Waals surface area contributed by atoms with E-state index >= 15 is 0 Å². The second-order valence-electron chi connectivity index (χ2n) is 5.69. The minimum atomic E-state index is 0.336. The van der Waals surface area contributed by atoms with Gasteiger partial charge in [0.2, 0.25) is 0 Å². The van der Waals surface area contributed by atoms with Crippen LogP contribution in [0.2, 0.25) is 0 Å². The van der Waals surface area contributed by atoms with Gasteiger partial charge in [0.1, 0.15) is 0 Å². The summed E-state index contributed by atoms with van der Waals surface area (Å²) in [6.45, 7) is 11.3. The first-order valence-corrected chi connectivity index (χ1v) is 6.86. The van der Waals surface area contributed by atoms with Crippen LogP contribution in [0.15, 0.2) is 24.3 Å². The molecule has 0 saturated heterocycles. The molecule has 0 bridgehead atoms. The van der Waals surface area contributed by atoms with E-state index in [1.54, 1.807) is 0 Å². The van der Waals surface area contributed by atoms with E-state index in [0.29, 0.717) is 5.41 Å². The molecular weight excluding hydrogens is 206 g/mol. The first kappa shape index (κ1) is 14.2. The average Bonchev–Trinajstić information content (AvgIpc) is 2.30. The van der Waals surface area contributed by atoms with E-state index in [2.05, 4.69) is 57.3 Å². The van der Waals surface area contributed by atoms with Crippen molar-refractivity contribution in [2.45, 2.75) is 47.0 Å². The third kappa shape index (κ3) is 5.36. The molecule has 0 amide bonds. The fourth-order valence-corrected chi connectivity index (χ4v) is 2.11. The van der Waals surface area contributed by atoms with Gasteiger partial charge in [-0.1, -0.05) is 52.0 Å². The standard InChI is InChI=1S/C16H27N/c1-5-11-17-13-16(3,4)12-15-9-7-14(6-2)8-10-15/h7-10,17H,5-6,11-13H2,1-4H3. The van der Waals surface area contributed by atoms with Gasteiger partial charge in [0.05, 0.1) is 0 Å². The van der Waals surface area contributed by atoms with Gasteiger partial charge < -0.3 is 5.32 Å². The Bertz CT molecular complexity index is 311. The summed E-state index contributed by atoms with van der Waals surface area (Å²) in [5.74, 6) is 0. The summed E-state index contributed by atoms with van der Waals surface area (Å²) in [4.78, 5) is 0. The van der Waals surface area contributed by atoms with Crippen LogP contribution >= 0.6 is 0 Å². The van der Waals surface area contributed by atoms with Crippen molar-refractivity contribution in [2.24, 2.45) is 5.41 Å². The molecule has 1 rings (SSSR count). The Morgan fingerprint density at radius 2 is 1.59 bits per heavy atom. The smallest absolute Gasteiger partial charge is 0.000570 e. The second-order valence-corrected chi connectivity index (χ2v) is 5.69. The molecule has 1 N–H and O–H groups in total. The summed E-state index contributed by atoms with van der Waals surface area (Å²) in [6, 6.07) is 9.07. The lowest BCUT2D eigenvalue weighted by atomic mass is 9.85. The monoisotopic (exact) mass is 233 g/mol. The van der Waals surface area contributed by atoms with Crippen LogP contribution in [0, 0.1) is 5.41 Å².